The van der Waals surface area contributed by atoms with E-state index in [-0.39, 0.29) is 17.7 Å². The van der Waals surface area contributed by atoms with E-state index < -0.39 is 17.8 Å². The molecule has 1 aromatic heterocycles. The first kappa shape index (κ1) is 13.8. The number of halogens is 3. The molecule has 2 rings (SSSR count). The van der Waals surface area contributed by atoms with E-state index >= 15 is 0 Å². The van der Waals surface area contributed by atoms with Crippen LogP contribution in [0.15, 0.2) is 29.8 Å². The SMILES string of the molecule is Nc1ccc(C(F)(F)F)cc1C(O)Cc1nccs1. The van der Waals surface area contributed by atoms with E-state index in [1.807, 2.05) is 0 Å². The smallest absolute Gasteiger partial charge is 0.398 e. The van der Waals surface area contributed by atoms with Gasteiger partial charge in [-0.05, 0) is 18.2 Å². The number of nitrogen functional groups attached to an aromatic ring is 1. The summed E-state index contributed by atoms with van der Waals surface area (Å²) in [6.45, 7) is 0. The summed E-state index contributed by atoms with van der Waals surface area (Å²) in [5.41, 5.74) is 5.00. The van der Waals surface area contributed by atoms with E-state index in [9.17, 15) is 18.3 Å². The molecule has 1 aromatic carbocycles. The summed E-state index contributed by atoms with van der Waals surface area (Å²) in [7, 11) is 0. The summed E-state index contributed by atoms with van der Waals surface area (Å²) in [4.78, 5) is 3.98. The number of aromatic nitrogens is 1. The van der Waals surface area contributed by atoms with E-state index in [0.717, 1.165) is 18.2 Å². The summed E-state index contributed by atoms with van der Waals surface area (Å²) in [6, 6.07) is 2.94. The molecule has 0 amide bonds. The van der Waals surface area contributed by atoms with E-state index in [1.165, 1.54) is 11.3 Å². The molecule has 0 aliphatic rings. The summed E-state index contributed by atoms with van der Waals surface area (Å²) < 4.78 is 37.8. The van der Waals surface area contributed by atoms with Crippen molar-refractivity contribution in [3.63, 3.8) is 0 Å². The molecule has 1 unspecified atom stereocenters. The van der Waals surface area contributed by atoms with Gasteiger partial charge in [-0.15, -0.1) is 11.3 Å². The highest BCUT2D eigenvalue weighted by atomic mass is 32.1. The first-order valence-electron chi connectivity index (χ1n) is 5.41. The largest absolute Gasteiger partial charge is 0.416 e. The number of nitrogens with two attached hydrogens (primary N) is 1. The minimum Gasteiger partial charge on any atom is -0.398 e. The highest BCUT2D eigenvalue weighted by Crippen LogP contribution is 2.33. The number of nitrogens with zero attached hydrogens (tertiary/aromatic N) is 1. The van der Waals surface area contributed by atoms with Gasteiger partial charge in [0.05, 0.1) is 16.7 Å². The van der Waals surface area contributed by atoms with Crippen LogP contribution in [0, 0.1) is 0 Å². The van der Waals surface area contributed by atoms with Crippen molar-refractivity contribution in [3.05, 3.63) is 45.9 Å². The van der Waals surface area contributed by atoms with Crippen molar-refractivity contribution >= 4 is 17.0 Å². The molecule has 0 radical (unpaired) electrons. The number of hydrogen-bond donors (Lipinski definition) is 2. The molecule has 0 aliphatic carbocycles. The second-order valence-electron chi connectivity index (χ2n) is 3.99. The van der Waals surface area contributed by atoms with Gasteiger partial charge in [0.1, 0.15) is 0 Å². The van der Waals surface area contributed by atoms with E-state index in [2.05, 4.69) is 4.98 Å². The monoisotopic (exact) mass is 288 g/mol. The van der Waals surface area contributed by atoms with Gasteiger partial charge in [0.15, 0.2) is 0 Å². The molecular weight excluding hydrogens is 277 g/mol. The maximum Gasteiger partial charge on any atom is 0.416 e. The Labute approximate surface area is 111 Å². The van der Waals surface area contributed by atoms with Gasteiger partial charge in [-0.25, -0.2) is 4.98 Å². The topological polar surface area (TPSA) is 59.1 Å². The van der Waals surface area contributed by atoms with Crippen LogP contribution < -0.4 is 5.73 Å². The maximum absolute atomic E-state index is 12.6. The molecule has 7 heteroatoms. The average molecular weight is 288 g/mol. The quantitative estimate of drug-likeness (QED) is 0.853. The lowest BCUT2D eigenvalue weighted by molar-refractivity contribution is -0.137. The Bertz CT molecular complexity index is 555. The fourth-order valence-corrected chi connectivity index (χ4v) is 2.32. The molecule has 102 valence electrons. The molecule has 1 atom stereocenters. The van der Waals surface area contributed by atoms with Crippen molar-refractivity contribution in [1.82, 2.24) is 4.98 Å². The van der Waals surface area contributed by atoms with E-state index in [0.29, 0.717) is 5.01 Å². The van der Waals surface area contributed by atoms with Crippen LogP contribution in [0.2, 0.25) is 0 Å². The minimum atomic E-state index is -4.46. The van der Waals surface area contributed by atoms with Crippen LogP contribution in [0.25, 0.3) is 0 Å². The van der Waals surface area contributed by atoms with E-state index in [1.54, 1.807) is 11.6 Å². The van der Waals surface area contributed by atoms with Crippen molar-refractivity contribution in [2.24, 2.45) is 0 Å². The van der Waals surface area contributed by atoms with E-state index in [4.69, 9.17) is 5.73 Å². The summed E-state index contributed by atoms with van der Waals surface area (Å²) in [6.07, 6.45) is -3.84. The Morgan fingerprint density at radius 1 is 1.37 bits per heavy atom. The second-order valence-corrected chi connectivity index (χ2v) is 4.97. The second kappa shape index (κ2) is 5.18. The fraction of sp³-hybridized carbons (Fsp3) is 0.250. The van der Waals surface area contributed by atoms with Crippen LogP contribution in [0.5, 0.6) is 0 Å². The summed E-state index contributed by atoms with van der Waals surface area (Å²) in [5, 5.41) is 12.4. The number of thiazole rings is 1. The Morgan fingerprint density at radius 2 is 2.11 bits per heavy atom. The highest BCUT2D eigenvalue weighted by Gasteiger charge is 2.31. The number of rotatable bonds is 3. The molecule has 0 fully saturated rings. The van der Waals surface area contributed by atoms with Gasteiger partial charge in [-0.2, -0.15) is 13.2 Å². The number of hydrogen-bond acceptors (Lipinski definition) is 4. The number of benzene rings is 1. The lowest BCUT2D eigenvalue weighted by Gasteiger charge is -2.15. The van der Waals surface area contributed by atoms with Gasteiger partial charge in [0, 0.05) is 29.2 Å². The van der Waals surface area contributed by atoms with Crippen LogP contribution in [0.4, 0.5) is 18.9 Å². The van der Waals surface area contributed by atoms with Crippen LogP contribution in [-0.4, -0.2) is 10.1 Å². The molecule has 0 saturated heterocycles. The summed E-state index contributed by atoms with van der Waals surface area (Å²) in [5.74, 6) is 0. The molecule has 0 aliphatic heterocycles. The zero-order chi connectivity index (χ0) is 14.0. The van der Waals surface area contributed by atoms with Crippen molar-refractivity contribution < 1.29 is 18.3 Å². The predicted octanol–water partition coefficient (Wildman–Crippen LogP) is 3.02. The number of aliphatic hydroxyl groups is 1. The first-order valence-corrected chi connectivity index (χ1v) is 6.29. The molecule has 19 heavy (non-hydrogen) atoms. The van der Waals surface area contributed by atoms with Crippen molar-refractivity contribution in [2.45, 2.75) is 18.7 Å². The van der Waals surface area contributed by atoms with Crippen molar-refractivity contribution in [2.75, 3.05) is 5.73 Å². The Balaban J connectivity index is 2.28. The number of aliphatic hydroxyl groups excluding tert-OH is 1. The van der Waals surface area contributed by atoms with Gasteiger partial charge >= 0.3 is 6.18 Å². The van der Waals surface area contributed by atoms with Crippen LogP contribution in [-0.2, 0) is 12.6 Å². The molecule has 0 saturated carbocycles. The van der Waals surface area contributed by atoms with Gasteiger partial charge in [-0.3, -0.25) is 0 Å². The Hall–Kier alpha value is -1.60. The van der Waals surface area contributed by atoms with Gasteiger partial charge in [0.25, 0.3) is 0 Å². The molecule has 0 bridgehead atoms. The molecular formula is C12H11F3N2OS. The van der Waals surface area contributed by atoms with Crippen LogP contribution in [0.3, 0.4) is 0 Å². The minimum absolute atomic E-state index is 0.0741. The molecule has 3 N–H and O–H groups in total. The molecule has 3 nitrogen and oxygen atoms in total. The van der Waals surface area contributed by atoms with Crippen molar-refractivity contribution in [3.8, 4) is 0 Å². The first-order chi connectivity index (χ1) is 8.88. The zero-order valence-corrected chi connectivity index (χ0v) is 10.5. The van der Waals surface area contributed by atoms with Gasteiger partial charge in [-0.1, -0.05) is 0 Å². The zero-order valence-electron chi connectivity index (χ0n) is 9.69. The van der Waals surface area contributed by atoms with Crippen LogP contribution >= 0.6 is 11.3 Å². The standard InChI is InChI=1S/C12H11F3N2OS/c13-12(14,15)7-1-2-9(16)8(5-7)10(18)6-11-17-3-4-19-11/h1-5,10,18H,6,16H2. The predicted molar refractivity (Wildman–Crippen MR) is 66.6 cm³/mol. The Morgan fingerprint density at radius 3 is 2.68 bits per heavy atom. The normalized spacial score (nSPS) is 13.5. The number of anilines is 1. The lowest BCUT2D eigenvalue weighted by atomic mass is 10.0. The molecule has 2 aromatic rings. The average Bonchev–Trinajstić information content (AvgIpc) is 2.80. The van der Waals surface area contributed by atoms with Crippen molar-refractivity contribution in [1.29, 1.82) is 0 Å². The van der Waals surface area contributed by atoms with Gasteiger partial charge in [0.2, 0.25) is 0 Å². The van der Waals surface area contributed by atoms with Gasteiger partial charge < -0.3 is 10.8 Å². The third-order valence-corrected chi connectivity index (χ3v) is 3.43. The summed E-state index contributed by atoms with van der Waals surface area (Å²) >= 11 is 1.33. The lowest BCUT2D eigenvalue weighted by Crippen LogP contribution is -2.10. The molecule has 0 spiro atoms. The maximum atomic E-state index is 12.6. The molecule has 1 heterocycles. The third-order valence-electron chi connectivity index (χ3n) is 2.62. The number of alkyl halides is 3. The third kappa shape index (κ3) is 3.24. The highest BCUT2D eigenvalue weighted by molar-refractivity contribution is 7.09. The fourth-order valence-electron chi connectivity index (χ4n) is 1.67. The van der Waals surface area contributed by atoms with Crippen LogP contribution in [0.1, 0.15) is 22.2 Å². The Kier molecular flexibility index (Phi) is 3.77.